The number of nitrogens with one attached hydrogen (secondary N) is 1. The van der Waals surface area contributed by atoms with Crippen molar-refractivity contribution in [2.75, 3.05) is 5.73 Å². The number of hydrazone groups is 1. The van der Waals surface area contributed by atoms with Gasteiger partial charge in [-0.05, 0) is 82.2 Å². The third-order valence-electron chi connectivity index (χ3n) is 3.89. The highest BCUT2D eigenvalue weighted by Crippen LogP contribution is 2.28. The van der Waals surface area contributed by atoms with Crippen molar-refractivity contribution in [3.05, 3.63) is 91.3 Å². The molecule has 0 heterocycles. The summed E-state index contributed by atoms with van der Waals surface area (Å²) in [6.07, 6.45) is 1.46. The molecule has 6 nitrogen and oxygen atoms in total. The van der Waals surface area contributed by atoms with E-state index in [1.807, 2.05) is 0 Å². The molecule has 0 aliphatic rings. The fourth-order valence-corrected chi connectivity index (χ4v) is 3.72. The van der Waals surface area contributed by atoms with Gasteiger partial charge in [0, 0.05) is 14.0 Å². The van der Waals surface area contributed by atoms with Gasteiger partial charge in [-0.25, -0.2) is 10.2 Å². The highest BCUT2D eigenvalue weighted by atomic mass is 79.9. The van der Waals surface area contributed by atoms with Crippen molar-refractivity contribution in [1.29, 1.82) is 0 Å². The van der Waals surface area contributed by atoms with Crippen LogP contribution in [0.4, 0.5) is 5.69 Å². The van der Waals surface area contributed by atoms with E-state index < -0.39 is 11.9 Å². The number of nitrogens with two attached hydrogens (primary N) is 1. The number of hydrogen-bond donors (Lipinski definition) is 2. The van der Waals surface area contributed by atoms with Crippen LogP contribution in [-0.2, 0) is 0 Å². The molecule has 0 radical (unpaired) electrons. The van der Waals surface area contributed by atoms with E-state index in [0.717, 1.165) is 0 Å². The Morgan fingerprint density at radius 2 is 1.70 bits per heavy atom. The van der Waals surface area contributed by atoms with Crippen LogP contribution in [0, 0.1) is 0 Å². The molecule has 30 heavy (non-hydrogen) atoms. The average molecular weight is 552 g/mol. The van der Waals surface area contributed by atoms with Crippen LogP contribution in [0.2, 0.25) is 5.02 Å². The third kappa shape index (κ3) is 5.69. The zero-order valence-electron chi connectivity index (χ0n) is 15.2. The molecule has 0 atom stereocenters. The molecule has 3 rings (SSSR count). The SMILES string of the molecule is Nc1c(Br)cc(Br)cc1C(=O)N/N=C\c1ccc(OC(=O)c2ccc(Cl)cc2)cc1. The van der Waals surface area contributed by atoms with Crippen LogP contribution < -0.4 is 15.9 Å². The van der Waals surface area contributed by atoms with Crippen LogP contribution in [-0.4, -0.2) is 18.1 Å². The van der Waals surface area contributed by atoms with E-state index in [1.165, 1.54) is 6.21 Å². The molecule has 0 aliphatic carbocycles. The number of ether oxygens (including phenoxy) is 1. The van der Waals surface area contributed by atoms with E-state index in [9.17, 15) is 9.59 Å². The van der Waals surface area contributed by atoms with Crippen molar-refractivity contribution in [3.63, 3.8) is 0 Å². The molecule has 9 heteroatoms. The summed E-state index contributed by atoms with van der Waals surface area (Å²) in [5, 5.41) is 4.47. The Morgan fingerprint density at radius 1 is 1.03 bits per heavy atom. The molecule has 0 bridgehead atoms. The van der Waals surface area contributed by atoms with Crippen molar-refractivity contribution in [2.45, 2.75) is 0 Å². The first-order valence-corrected chi connectivity index (χ1v) is 10.5. The number of esters is 1. The standard InChI is InChI=1S/C21H14Br2ClN3O3/c22-14-9-17(19(25)18(23)10-14)20(28)27-26-11-12-1-7-16(8-2-12)30-21(29)13-3-5-15(24)6-4-13/h1-11H,25H2,(H,27,28)/b26-11-. The molecule has 0 saturated heterocycles. The maximum Gasteiger partial charge on any atom is 0.343 e. The molecule has 3 aromatic rings. The second-order valence-corrected chi connectivity index (χ2v) is 8.22. The molecule has 0 saturated carbocycles. The molecule has 3 aromatic carbocycles. The number of nitrogens with zero attached hydrogens (tertiary/aromatic N) is 1. The Bertz CT molecular complexity index is 1120. The Kier molecular flexibility index (Phi) is 7.25. The minimum Gasteiger partial charge on any atom is -0.423 e. The number of hydrogen-bond acceptors (Lipinski definition) is 5. The van der Waals surface area contributed by atoms with Crippen LogP contribution >= 0.6 is 43.5 Å². The van der Waals surface area contributed by atoms with Crippen LogP contribution in [0.5, 0.6) is 5.75 Å². The summed E-state index contributed by atoms with van der Waals surface area (Å²) in [5.74, 6) is -0.555. The van der Waals surface area contributed by atoms with Crippen LogP contribution in [0.1, 0.15) is 26.3 Å². The minimum absolute atomic E-state index is 0.290. The second-order valence-electron chi connectivity index (χ2n) is 6.01. The van der Waals surface area contributed by atoms with Crippen LogP contribution in [0.15, 0.2) is 74.7 Å². The lowest BCUT2D eigenvalue weighted by Crippen LogP contribution is -2.19. The molecular weight excluding hydrogens is 538 g/mol. The fourth-order valence-electron chi connectivity index (χ4n) is 2.37. The van der Waals surface area contributed by atoms with Gasteiger partial charge in [0.25, 0.3) is 5.91 Å². The lowest BCUT2D eigenvalue weighted by molar-refractivity contribution is 0.0734. The van der Waals surface area contributed by atoms with Crippen molar-refractivity contribution in [1.82, 2.24) is 5.43 Å². The smallest absolute Gasteiger partial charge is 0.343 e. The molecular formula is C21H14Br2ClN3O3. The molecule has 152 valence electrons. The first-order chi connectivity index (χ1) is 14.3. The van der Waals surface area contributed by atoms with Gasteiger partial charge in [0.15, 0.2) is 0 Å². The quantitative estimate of drug-likeness (QED) is 0.145. The maximum absolute atomic E-state index is 12.3. The Balaban J connectivity index is 1.60. The largest absolute Gasteiger partial charge is 0.423 e. The number of carbonyl (C=O) groups excluding carboxylic acids is 2. The van der Waals surface area contributed by atoms with E-state index in [4.69, 9.17) is 22.1 Å². The molecule has 3 N–H and O–H groups in total. The van der Waals surface area contributed by atoms with E-state index in [-0.39, 0.29) is 5.56 Å². The van der Waals surface area contributed by atoms with E-state index >= 15 is 0 Å². The van der Waals surface area contributed by atoms with Gasteiger partial charge in [0.2, 0.25) is 0 Å². The number of nitrogen functional groups attached to an aromatic ring is 1. The maximum atomic E-state index is 12.3. The van der Waals surface area contributed by atoms with Crippen molar-refractivity contribution in [2.24, 2.45) is 5.10 Å². The van der Waals surface area contributed by atoms with Gasteiger partial charge in [-0.2, -0.15) is 5.10 Å². The summed E-state index contributed by atoms with van der Waals surface area (Å²) in [6.45, 7) is 0. The zero-order valence-corrected chi connectivity index (χ0v) is 19.2. The number of carbonyl (C=O) groups is 2. The molecule has 0 spiro atoms. The summed E-state index contributed by atoms with van der Waals surface area (Å²) in [4.78, 5) is 24.4. The summed E-state index contributed by atoms with van der Waals surface area (Å²) in [6, 6.07) is 16.4. The van der Waals surface area contributed by atoms with Crippen molar-refractivity contribution in [3.8, 4) is 5.75 Å². The molecule has 1 amide bonds. The number of anilines is 1. The highest BCUT2D eigenvalue weighted by molar-refractivity contribution is 9.11. The predicted octanol–water partition coefficient (Wildman–Crippen LogP) is 5.43. The minimum atomic E-state index is -0.488. The summed E-state index contributed by atoms with van der Waals surface area (Å²) in [5.41, 5.74) is 10.0. The first-order valence-electron chi connectivity index (χ1n) is 8.49. The third-order valence-corrected chi connectivity index (χ3v) is 5.26. The average Bonchev–Trinajstić information content (AvgIpc) is 2.72. The van der Waals surface area contributed by atoms with E-state index in [1.54, 1.807) is 60.7 Å². The first kappa shape index (κ1) is 22.0. The van der Waals surface area contributed by atoms with Gasteiger partial charge in [0.1, 0.15) is 5.75 Å². The monoisotopic (exact) mass is 549 g/mol. The lowest BCUT2D eigenvalue weighted by Gasteiger charge is -2.07. The predicted molar refractivity (Wildman–Crippen MR) is 124 cm³/mol. The van der Waals surface area contributed by atoms with Gasteiger partial charge < -0.3 is 10.5 Å². The van der Waals surface area contributed by atoms with Gasteiger partial charge >= 0.3 is 5.97 Å². The van der Waals surface area contributed by atoms with Gasteiger partial charge in [-0.15, -0.1) is 0 Å². The Hall–Kier alpha value is -2.68. The van der Waals surface area contributed by atoms with Crippen molar-refractivity contribution < 1.29 is 14.3 Å². The topological polar surface area (TPSA) is 93.8 Å². The van der Waals surface area contributed by atoms with E-state index in [0.29, 0.717) is 36.5 Å². The number of rotatable bonds is 5. The van der Waals surface area contributed by atoms with E-state index in [2.05, 4.69) is 42.4 Å². The van der Waals surface area contributed by atoms with Gasteiger partial charge in [-0.3, -0.25) is 4.79 Å². The Morgan fingerprint density at radius 3 is 2.37 bits per heavy atom. The zero-order chi connectivity index (χ0) is 21.7. The highest BCUT2D eigenvalue weighted by Gasteiger charge is 2.13. The normalized spacial score (nSPS) is 10.8. The molecule has 0 aliphatic heterocycles. The molecule has 0 fully saturated rings. The number of halogens is 3. The molecule has 0 unspecified atom stereocenters. The van der Waals surface area contributed by atoms with Gasteiger partial charge in [0.05, 0.1) is 23.0 Å². The Labute approximate surface area is 194 Å². The molecule has 0 aromatic heterocycles. The van der Waals surface area contributed by atoms with Crippen LogP contribution in [0.3, 0.4) is 0 Å². The summed E-state index contributed by atoms with van der Waals surface area (Å²) >= 11 is 12.4. The van der Waals surface area contributed by atoms with Gasteiger partial charge in [-0.1, -0.05) is 27.5 Å². The summed E-state index contributed by atoms with van der Waals surface area (Å²) < 4.78 is 6.63. The second kappa shape index (κ2) is 9.88. The lowest BCUT2D eigenvalue weighted by atomic mass is 10.2. The number of benzene rings is 3. The van der Waals surface area contributed by atoms with Crippen LogP contribution in [0.25, 0.3) is 0 Å². The van der Waals surface area contributed by atoms with Crippen molar-refractivity contribution >= 4 is 67.2 Å². The number of amides is 1. The fraction of sp³-hybridized carbons (Fsp3) is 0. The summed E-state index contributed by atoms with van der Waals surface area (Å²) in [7, 11) is 0.